The molecular formula is C34H30N2O3. The summed E-state index contributed by atoms with van der Waals surface area (Å²) in [6, 6.07) is 36.2. The lowest BCUT2D eigenvalue weighted by Crippen LogP contribution is -2.56. The average Bonchev–Trinajstić information content (AvgIpc) is 3.00. The maximum Gasteiger partial charge on any atom is 0.251 e. The Bertz CT molecular complexity index is 1440. The van der Waals surface area contributed by atoms with Crippen molar-refractivity contribution >= 4 is 17.6 Å². The second kappa shape index (κ2) is 12.2. The van der Waals surface area contributed by atoms with Gasteiger partial charge in [-0.25, -0.2) is 0 Å². The summed E-state index contributed by atoms with van der Waals surface area (Å²) in [5.41, 5.74) is 2.72. The van der Waals surface area contributed by atoms with Crippen LogP contribution < -0.4 is 10.6 Å². The number of nitrogens with one attached hydrogen (secondary N) is 2. The van der Waals surface area contributed by atoms with E-state index < -0.39 is 12.1 Å². The third-order valence-electron chi connectivity index (χ3n) is 7.17. The first kappa shape index (κ1) is 25.9. The summed E-state index contributed by atoms with van der Waals surface area (Å²) in [6.07, 6.45) is 4.20. The molecule has 0 saturated heterocycles. The van der Waals surface area contributed by atoms with Gasteiger partial charge in [-0.05, 0) is 35.7 Å². The Balaban J connectivity index is 1.51. The molecule has 39 heavy (non-hydrogen) atoms. The zero-order valence-corrected chi connectivity index (χ0v) is 21.4. The van der Waals surface area contributed by atoms with Gasteiger partial charge in [-0.1, -0.05) is 109 Å². The molecule has 2 amide bonds. The Morgan fingerprint density at radius 3 is 1.54 bits per heavy atom. The zero-order valence-electron chi connectivity index (χ0n) is 21.4. The van der Waals surface area contributed by atoms with Crippen LogP contribution in [0.1, 0.15) is 49.0 Å². The van der Waals surface area contributed by atoms with Crippen molar-refractivity contribution < 1.29 is 14.4 Å². The van der Waals surface area contributed by atoms with Crippen LogP contribution in [0.25, 0.3) is 0 Å². The van der Waals surface area contributed by atoms with Crippen molar-refractivity contribution in [1.82, 2.24) is 10.6 Å². The Morgan fingerprint density at radius 1 is 0.538 bits per heavy atom. The second-order valence-electron chi connectivity index (χ2n) is 9.71. The molecule has 4 atom stereocenters. The lowest BCUT2D eigenvalue weighted by molar-refractivity contribution is 0.0865. The first-order valence-electron chi connectivity index (χ1n) is 13.1. The van der Waals surface area contributed by atoms with Gasteiger partial charge in [0.25, 0.3) is 11.8 Å². The molecule has 5 heteroatoms. The van der Waals surface area contributed by atoms with Crippen molar-refractivity contribution in [2.75, 3.05) is 0 Å². The van der Waals surface area contributed by atoms with Crippen LogP contribution in [0.4, 0.5) is 0 Å². The highest BCUT2D eigenvalue weighted by Crippen LogP contribution is 2.37. The lowest BCUT2D eigenvalue weighted by atomic mass is 9.71. The normalized spacial score (nSPS) is 20.1. The monoisotopic (exact) mass is 514 g/mol. The van der Waals surface area contributed by atoms with E-state index in [1.54, 1.807) is 24.3 Å². The minimum atomic E-state index is -0.494. The highest BCUT2D eigenvalue weighted by Gasteiger charge is 2.40. The van der Waals surface area contributed by atoms with Gasteiger partial charge in [-0.2, -0.15) is 0 Å². The zero-order chi connectivity index (χ0) is 27.0. The van der Waals surface area contributed by atoms with E-state index in [9.17, 15) is 14.4 Å². The van der Waals surface area contributed by atoms with Crippen LogP contribution in [-0.4, -0.2) is 29.7 Å². The van der Waals surface area contributed by atoms with E-state index in [4.69, 9.17) is 0 Å². The molecule has 0 aromatic heterocycles. The van der Waals surface area contributed by atoms with Gasteiger partial charge in [-0.3, -0.25) is 14.4 Å². The van der Waals surface area contributed by atoms with E-state index in [1.165, 1.54) is 0 Å². The van der Waals surface area contributed by atoms with Crippen LogP contribution in [-0.2, 0) is 0 Å². The summed E-state index contributed by atoms with van der Waals surface area (Å²) in [5, 5.41) is 6.34. The van der Waals surface area contributed by atoms with Crippen molar-refractivity contribution in [3.63, 3.8) is 0 Å². The first-order valence-corrected chi connectivity index (χ1v) is 13.1. The molecule has 4 aromatic carbocycles. The molecule has 0 radical (unpaired) electrons. The van der Waals surface area contributed by atoms with E-state index >= 15 is 0 Å². The summed E-state index contributed by atoms with van der Waals surface area (Å²) in [6.45, 7) is 0. The number of benzene rings is 4. The summed E-state index contributed by atoms with van der Waals surface area (Å²) >= 11 is 0. The van der Waals surface area contributed by atoms with Crippen molar-refractivity contribution in [3.8, 4) is 0 Å². The van der Waals surface area contributed by atoms with E-state index in [2.05, 4.69) is 10.6 Å². The van der Waals surface area contributed by atoms with Gasteiger partial charge in [0, 0.05) is 29.0 Å². The van der Waals surface area contributed by atoms with E-state index in [1.807, 2.05) is 109 Å². The third-order valence-corrected chi connectivity index (χ3v) is 7.17. The predicted molar refractivity (Wildman–Crippen MR) is 153 cm³/mol. The minimum absolute atomic E-state index is 0.0334. The van der Waals surface area contributed by atoms with Crippen molar-refractivity contribution in [2.24, 2.45) is 5.92 Å². The van der Waals surface area contributed by atoms with Crippen LogP contribution in [0, 0.1) is 5.92 Å². The summed E-state index contributed by atoms with van der Waals surface area (Å²) in [7, 11) is 0. The fraction of sp³-hybridized carbons (Fsp3) is 0.147. The number of allylic oxidation sites excluding steroid dienone is 1. The van der Waals surface area contributed by atoms with Crippen LogP contribution in [0.3, 0.4) is 0 Å². The number of amides is 2. The van der Waals surface area contributed by atoms with Crippen LogP contribution in [0.5, 0.6) is 0 Å². The molecule has 1 aliphatic carbocycles. The van der Waals surface area contributed by atoms with Crippen molar-refractivity contribution in [1.29, 1.82) is 0 Å². The van der Waals surface area contributed by atoms with Crippen LogP contribution in [0.15, 0.2) is 133 Å². The molecule has 1 aliphatic rings. The molecular weight excluding hydrogens is 484 g/mol. The SMILES string of the molecule is O=C(C[C@H]1C=C[C@@H](NC(=O)c2ccccc2)[C@H](NC(=O)c2ccccc2)[C@H]1c1ccccc1)c1ccccc1. The topological polar surface area (TPSA) is 75.3 Å². The van der Waals surface area contributed by atoms with Gasteiger partial charge in [0.15, 0.2) is 5.78 Å². The second-order valence-corrected chi connectivity index (χ2v) is 9.71. The van der Waals surface area contributed by atoms with Crippen LogP contribution in [0.2, 0.25) is 0 Å². The number of hydrogen-bond donors (Lipinski definition) is 2. The maximum absolute atomic E-state index is 13.4. The number of ketones is 1. The van der Waals surface area contributed by atoms with Gasteiger partial charge in [0.1, 0.15) is 0 Å². The number of rotatable bonds is 8. The molecule has 0 spiro atoms. The van der Waals surface area contributed by atoms with Gasteiger partial charge in [0.05, 0.1) is 12.1 Å². The first-order chi connectivity index (χ1) is 19.1. The maximum atomic E-state index is 13.4. The predicted octanol–water partition coefficient (Wildman–Crippen LogP) is 5.83. The average molecular weight is 515 g/mol. The summed E-state index contributed by atoms with van der Waals surface area (Å²) < 4.78 is 0. The minimum Gasteiger partial charge on any atom is -0.346 e. The smallest absolute Gasteiger partial charge is 0.251 e. The van der Waals surface area contributed by atoms with E-state index in [-0.39, 0.29) is 35.9 Å². The Kier molecular flexibility index (Phi) is 8.08. The standard InChI is InChI=1S/C34H30N2O3/c37-30(24-13-5-1-6-14-24)23-28-21-22-29(35-33(38)26-17-9-3-10-18-26)32(31(28)25-15-7-2-8-16-25)36-34(39)27-19-11-4-12-20-27/h1-22,28-29,31-32H,23H2,(H,35,38)(H,36,39)/t28-,29-,31+,32+/m1/s1. The molecule has 5 nitrogen and oxygen atoms in total. The lowest BCUT2D eigenvalue weighted by Gasteiger charge is -2.40. The molecule has 4 aromatic rings. The van der Waals surface area contributed by atoms with Gasteiger partial charge in [-0.15, -0.1) is 0 Å². The third kappa shape index (κ3) is 6.21. The molecule has 2 N–H and O–H groups in total. The number of Topliss-reactive ketones (excluding diaryl/α,β-unsaturated/α-hetero) is 1. The summed E-state index contributed by atoms with van der Waals surface area (Å²) in [5.74, 6) is -0.867. The molecule has 194 valence electrons. The molecule has 0 aliphatic heterocycles. The Morgan fingerprint density at radius 2 is 1.00 bits per heavy atom. The number of carbonyl (C=O) groups is 3. The molecule has 0 bridgehead atoms. The highest BCUT2D eigenvalue weighted by atomic mass is 16.2. The quantitative estimate of drug-likeness (QED) is 0.230. The van der Waals surface area contributed by atoms with Gasteiger partial charge in [0.2, 0.25) is 0 Å². The molecule has 0 heterocycles. The highest BCUT2D eigenvalue weighted by molar-refractivity contribution is 5.97. The van der Waals surface area contributed by atoms with Gasteiger partial charge >= 0.3 is 0 Å². The largest absolute Gasteiger partial charge is 0.346 e. The Labute approximate surface area is 228 Å². The molecule has 0 unspecified atom stereocenters. The Hall–Kier alpha value is -4.77. The van der Waals surface area contributed by atoms with Crippen molar-refractivity contribution in [2.45, 2.75) is 24.4 Å². The molecule has 0 fully saturated rings. The molecule has 5 rings (SSSR count). The fourth-order valence-corrected chi connectivity index (χ4v) is 5.24. The fourth-order valence-electron chi connectivity index (χ4n) is 5.24. The number of hydrogen-bond acceptors (Lipinski definition) is 3. The van der Waals surface area contributed by atoms with Crippen LogP contribution >= 0.6 is 0 Å². The molecule has 0 saturated carbocycles. The van der Waals surface area contributed by atoms with E-state index in [0.717, 1.165) is 5.56 Å². The summed E-state index contributed by atoms with van der Waals surface area (Å²) in [4.78, 5) is 39.9. The van der Waals surface area contributed by atoms with Crippen molar-refractivity contribution in [3.05, 3.63) is 156 Å². The van der Waals surface area contributed by atoms with Gasteiger partial charge < -0.3 is 10.6 Å². The van der Waals surface area contributed by atoms with E-state index in [0.29, 0.717) is 16.7 Å². The number of carbonyl (C=O) groups excluding carboxylic acids is 3.